The van der Waals surface area contributed by atoms with E-state index in [9.17, 15) is 0 Å². The van der Waals surface area contributed by atoms with Gasteiger partial charge in [0.15, 0.2) is 0 Å². The number of hydrogen-bond donors (Lipinski definition) is 1. The average molecular weight is 351 g/mol. The Balaban J connectivity index is 1.34. The van der Waals surface area contributed by atoms with Crippen molar-refractivity contribution in [2.45, 2.75) is 37.3 Å². The fourth-order valence-corrected chi connectivity index (χ4v) is 4.53. The van der Waals surface area contributed by atoms with Crippen LogP contribution in [-0.2, 0) is 4.74 Å². The van der Waals surface area contributed by atoms with Crippen LogP contribution in [0.1, 0.15) is 25.7 Å². The first-order chi connectivity index (χ1) is 11.7. The van der Waals surface area contributed by atoms with Crippen LogP contribution in [0.2, 0.25) is 5.02 Å². The van der Waals surface area contributed by atoms with Crippen LogP contribution >= 0.6 is 11.6 Å². The summed E-state index contributed by atoms with van der Waals surface area (Å²) < 4.78 is 6.23. The van der Waals surface area contributed by atoms with E-state index in [1.165, 1.54) is 12.8 Å². The van der Waals surface area contributed by atoms with E-state index in [1.807, 2.05) is 12.1 Å². The lowest BCUT2D eigenvalue weighted by Crippen LogP contribution is -2.56. The minimum absolute atomic E-state index is 0.142. The van der Waals surface area contributed by atoms with E-state index in [1.54, 1.807) is 6.20 Å². The summed E-state index contributed by atoms with van der Waals surface area (Å²) in [5, 5.41) is 4.16. The number of nitrogens with one attached hydrogen (secondary N) is 1. The number of piperazine rings is 1. The van der Waals surface area contributed by atoms with Gasteiger partial charge < -0.3 is 15.0 Å². The molecule has 3 aliphatic rings. The number of pyridine rings is 1. The fraction of sp³-hybridized carbons (Fsp3) is 0.722. The Bertz CT molecular complexity index is 533. The maximum atomic E-state index is 6.23. The number of nitrogens with zero attached hydrogens (tertiary/aromatic N) is 3. The normalized spacial score (nSPS) is 28.2. The quantitative estimate of drug-likeness (QED) is 0.885. The first-order valence-corrected chi connectivity index (χ1v) is 9.57. The summed E-state index contributed by atoms with van der Waals surface area (Å²) in [6.07, 6.45) is 6.45. The van der Waals surface area contributed by atoms with Crippen LogP contribution in [0.5, 0.6) is 0 Å². The second-order valence-corrected chi connectivity index (χ2v) is 7.72. The van der Waals surface area contributed by atoms with E-state index in [4.69, 9.17) is 16.3 Å². The van der Waals surface area contributed by atoms with Crippen molar-refractivity contribution in [2.75, 3.05) is 50.8 Å². The molecular weight excluding hydrogens is 324 g/mol. The van der Waals surface area contributed by atoms with Crippen molar-refractivity contribution in [2.24, 2.45) is 0 Å². The maximum Gasteiger partial charge on any atom is 0.128 e. The summed E-state index contributed by atoms with van der Waals surface area (Å²) in [6, 6.07) is 4.63. The van der Waals surface area contributed by atoms with Crippen molar-refractivity contribution in [1.29, 1.82) is 0 Å². The number of anilines is 1. The molecule has 0 aromatic carbocycles. The molecule has 4 heterocycles. The highest BCUT2D eigenvalue weighted by Gasteiger charge is 2.40. The second kappa shape index (κ2) is 7.16. The van der Waals surface area contributed by atoms with E-state index in [0.717, 1.165) is 64.5 Å². The van der Waals surface area contributed by atoms with Gasteiger partial charge in [0.2, 0.25) is 0 Å². The minimum Gasteiger partial charge on any atom is -0.375 e. The van der Waals surface area contributed by atoms with Gasteiger partial charge in [-0.3, -0.25) is 4.90 Å². The Labute approximate surface area is 149 Å². The van der Waals surface area contributed by atoms with Crippen LogP contribution in [0.15, 0.2) is 18.3 Å². The molecule has 5 nitrogen and oxygen atoms in total. The molecule has 0 aliphatic carbocycles. The number of hydrogen-bond acceptors (Lipinski definition) is 5. The molecule has 3 saturated heterocycles. The zero-order valence-electron chi connectivity index (χ0n) is 14.2. The molecule has 0 bridgehead atoms. The van der Waals surface area contributed by atoms with Crippen LogP contribution < -0.4 is 10.2 Å². The Kier molecular flexibility index (Phi) is 4.95. The van der Waals surface area contributed by atoms with Gasteiger partial charge in [0.05, 0.1) is 10.6 Å². The number of piperidine rings is 1. The summed E-state index contributed by atoms with van der Waals surface area (Å²) in [7, 11) is 0. The third kappa shape index (κ3) is 3.54. The monoisotopic (exact) mass is 350 g/mol. The van der Waals surface area contributed by atoms with Crippen molar-refractivity contribution >= 4 is 17.4 Å². The number of ether oxygens (including phenoxy) is 1. The van der Waals surface area contributed by atoms with Crippen LogP contribution in [-0.4, -0.2) is 67.4 Å². The molecule has 24 heavy (non-hydrogen) atoms. The lowest BCUT2D eigenvalue weighted by Gasteiger charge is -2.48. The zero-order chi connectivity index (χ0) is 16.4. The fourth-order valence-electron chi connectivity index (χ4n) is 4.42. The minimum atomic E-state index is 0.142. The molecule has 3 fully saturated rings. The topological polar surface area (TPSA) is 40.6 Å². The SMILES string of the molecule is Clc1ccc(N2CCN(C3CCOC4(CCNCC4)C3)CC2)nc1. The number of rotatable bonds is 2. The Hall–Kier alpha value is -0.880. The van der Waals surface area contributed by atoms with Gasteiger partial charge in [-0.25, -0.2) is 4.98 Å². The lowest BCUT2D eigenvalue weighted by atomic mass is 9.82. The maximum absolute atomic E-state index is 6.23. The third-order valence-electron chi connectivity index (χ3n) is 5.85. The standard InChI is InChI=1S/C18H27ClN4O/c19-15-1-2-17(21-14-15)23-10-8-22(9-11-23)16-3-12-24-18(13-16)4-6-20-7-5-18/h1-2,14,16,20H,3-13H2. The Morgan fingerprint density at radius 3 is 2.67 bits per heavy atom. The molecule has 0 radical (unpaired) electrons. The molecule has 3 aliphatic heterocycles. The zero-order valence-corrected chi connectivity index (χ0v) is 15.0. The third-order valence-corrected chi connectivity index (χ3v) is 6.07. The van der Waals surface area contributed by atoms with Gasteiger partial charge >= 0.3 is 0 Å². The highest BCUT2D eigenvalue weighted by atomic mass is 35.5. The predicted molar refractivity (Wildman–Crippen MR) is 96.8 cm³/mol. The molecule has 1 spiro atoms. The molecule has 1 aromatic rings. The Morgan fingerprint density at radius 1 is 1.17 bits per heavy atom. The van der Waals surface area contributed by atoms with Gasteiger partial charge in [0, 0.05) is 45.0 Å². The van der Waals surface area contributed by atoms with E-state index in [2.05, 4.69) is 20.1 Å². The molecule has 0 amide bonds. The van der Waals surface area contributed by atoms with Gasteiger partial charge in [0.1, 0.15) is 5.82 Å². The van der Waals surface area contributed by atoms with E-state index < -0.39 is 0 Å². The van der Waals surface area contributed by atoms with Crippen molar-refractivity contribution in [3.63, 3.8) is 0 Å². The number of halogens is 1. The van der Waals surface area contributed by atoms with Crippen molar-refractivity contribution < 1.29 is 4.74 Å². The van der Waals surface area contributed by atoms with Gasteiger partial charge in [0.25, 0.3) is 0 Å². The van der Waals surface area contributed by atoms with Crippen LogP contribution in [0, 0.1) is 0 Å². The van der Waals surface area contributed by atoms with Gasteiger partial charge in [-0.05, 0) is 50.9 Å². The summed E-state index contributed by atoms with van der Waals surface area (Å²) in [6.45, 7) is 7.43. The summed E-state index contributed by atoms with van der Waals surface area (Å²) in [4.78, 5) is 9.50. The van der Waals surface area contributed by atoms with E-state index >= 15 is 0 Å². The predicted octanol–water partition coefficient (Wildman–Crippen LogP) is 2.16. The molecule has 6 heteroatoms. The summed E-state index contributed by atoms with van der Waals surface area (Å²) >= 11 is 5.94. The molecule has 1 N–H and O–H groups in total. The van der Waals surface area contributed by atoms with Crippen LogP contribution in [0.4, 0.5) is 5.82 Å². The molecule has 1 unspecified atom stereocenters. The smallest absolute Gasteiger partial charge is 0.128 e. The molecule has 0 saturated carbocycles. The van der Waals surface area contributed by atoms with Gasteiger partial charge in [-0.15, -0.1) is 0 Å². The molecular formula is C18H27ClN4O. The highest BCUT2D eigenvalue weighted by Crippen LogP contribution is 2.35. The molecule has 1 atom stereocenters. The second-order valence-electron chi connectivity index (χ2n) is 7.29. The van der Waals surface area contributed by atoms with E-state index in [0.29, 0.717) is 11.1 Å². The van der Waals surface area contributed by atoms with Gasteiger partial charge in [-0.2, -0.15) is 0 Å². The molecule has 132 valence electrons. The summed E-state index contributed by atoms with van der Waals surface area (Å²) in [5.41, 5.74) is 0.142. The summed E-state index contributed by atoms with van der Waals surface area (Å²) in [5.74, 6) is 1.04. The molecule has 1 aromatic heterocycles. The number of aromatic nitrogens is 1. The molecule has 4 rings (SSSR count). The Morgan fingerprint density at radius 2 is 1.96 bits per heavy atom. The van der Waals surface area contributed by atoms with E-state index in [-0.39, 0.29) is 5.60 Å². The lowest BCUT2D eigenvalue weighted by molar-refractivity contribution is -0.121. The van der Waals surface area contributed by atoms with Gasteiger partial charge in [-0.1, -0.05) is 11.6 Å². The first-order valence-electron chi connectivity index (χ1n) is 9.19. The highest BCUT2D eigenvalue weighted by molar-refractivity contribution is 6.30. The largest absolute Gasteiger partial charge is 0.375 e. The van der Waals surface area contributed by atoms with Crippen LogP contribution in [0.25, 0.3) is 0 Å². The van der Waals surface area contributed by atoms with Crippen molar-refractivity contribution in [3.05, 3.63) is 23.4 Å². The average Bonchev–Trinajstić information content (AvgIpc) is 2.63. The van der Waals surface area contributed by atoms with Crippen molar-refractivity contribution in [3.8, 4) is 0 Å². The van der Waals surface area contributed by atoms with Crippen LogP contribution in [0.3, 0.4) is 0 Å². The first kappa shape index (κ1) is 16.6. The van der Waals surface area contributed by atoms with Crippen molar-refractivity contribution in [1.82, 2.24) is 15.2 Å².